The van der Waals surface area contributed by atoms with Crippen molar-refractivity contribution in [1.82, 2.24) is 10.3 Å². The van der Waals surface area contributed by atoms with E-state index >= 15 is 0 Å². The van der Waals surface area contributed by atoms with Gasteiger partial charge in [-0.15, -0.1) is 0 Å². The standard InChI is InChI=1S/C6H13N3.C2H6/c7-9-4-3-8-6(5-9)1-2-6;1-2/h8H,1-5,7H2;1-2H3. The predicted octanol–water partition coefficient (Wildman–Crippen LogP) is 0.324. The molecule has 1 aliphatic heterocycles. The second-order valence-electron chi connectivity index (χ2n) is 3.18. The Morgan fingerprint density at radius 1 is 1.36 bits per heavy atom. The van der Waals surface area contributed by atoms with Crippen molar-refractivity contribution in [3.8, 4) is 0 Å². The second kappa shape index (κ2) is 3.52. The quantitative estimate of drug-likeness (QED) is 0.498. The van der Waals surface area contributed by atoms with Crippen LogP contribution in [0.4, 0.5) is 0 Å². The van der Waals surface area contributed by atoms with E-state index in [-0.39, 0.29) is 0 Å². The molecule has 2 rings (SSSR count). The minimum absolute atomic E-state index is 0.451. The number of nitrogens with zero attached hydrogens (tertiary/aromatic N) is 1. The van der Waals surface area contributed by atoms with Gasteiger partial charge in [0, 0.05) is 25.2 Å². The molecule has 1 saturated heterocycles. The highest BCUT2D eigenvalue weighted by Gasteiger charge is 2.44. The van der Waals surface area contributed by atoms with Crippen molar-refractivity contribution < 1.29 is 0 Å². The molecule has 0 atom stereocenters. The summed E-state index contributed by atoms with van der Waals surface area (Å²) in [6, 6.07) is 0. The van der Waals surface area contributed by atoms with Crippen LogP contribution in [0.2, 0.25) is 0 Å². The van der Waals surface area contributed by atoms with Gasteiger partial charge >= 0.3 is 0 Å². The maximum Gasteiger partial charge on any atom is 0.0324 e. The highest BCUT2D eigenvalue weighted by molar-refractivity contribution is 5.05. The lowest BCUT2D eigenvalue weighted by Crippen LogP contribution is -2.54. The average Bonchev–Trinajstić information content (AvgIpc) is 2.73. The van der Waals surface area contributed by atoms with Crippen LogP contribution in [-0.2, 0) is 0 Å². The molecule has 3 heteroatoms. The van der Waals surface area contributed by atoms with E-state index in [1.54, 1.807) is 0 Å². The van der Waals surface area contributed by atoms with Crippen LogP contribution in [0.5, 0.6) is 0 Å². The average molecular weight is 157 g/mol. The van der Waals surface area contributed by atoms with Gasteiger partial charge in [-0.1, -0.05) is 13.8 Å². The summed E-state index contributed by atoms with van der Waals surface area (Å²) in [6.45, 7) is 7.12. The molecule has 0 aromatic carbocycles. The third kappa shape index (κ3) is 2.15. The molecule has 1 aliphatic carbocycles. The van der Waals surface area contributed by atoms with Crippen LogP contribution < -0.4 is 11.2 Å². The first kappa shape index (κ1) is 8.97. The topological polar surface area (TPSA) is 41.3 Å². The second-order valence-corrected chi connectivity index (χ2v) is 3.18. The zero-order chi connectivity index (χ0) is 8.32. The maximum atomic E-state index is 5.64. The van der Waals surface area contributed by atoms with Crippen molar-refractivity contribution in [3.05, 3.63) is 0 Å². The summed E-state index contributed by atoms with van der Waals surface area (Å²) in [7, 11) is 0. The minimum atomic E-state index is 0.451. The Morgan fingerprint density at radius 2 is 2.00 bits per heavy atom. The molecule has 0 aromatic rings. The monoisotopic (exact) mass is 157 g/mol. The Bertz CT molecular complexity index is 121. The van der Waals surface area contributed by atoms with Crippen LogP contribution in [0.25, 0.3) is 0 Å². The summed E-state index contributed by atoms with van der Waals surface area (Å²) >= 11 is 0. The highest BCUT2D eigenvalue weighted by Crippen LogP contribution is 2.36. The van der Waals surface area contributed by atoms with Crippen LogP contribution in [-0.4, -0.2) is 30.2 Å². The molecule has 0 bridgehead atoms. The van der Waals surface area contributed by atoms with Crippen molar-refractivity contribution in [1.29, 1.82) is 0 Å². The van der Waals surface area contributed by atoms with Crippen molar-refractivity contribution in [2.24, 2.45) is 5.84 Å². The summed E-state index contributed by atoms with van der Waals surface area (Å²) < 4.78 is 0. The maximum absolute atomic E-state index is 5.64. The van der Waals surface area contributed by atoms with Gasteiger partial charge in [-0.2, -0.15) is 0 Å². The fourth-order valence-corrected chi connectivity index (χ4v) is 1.47. The van der Waals surface area contributed by atoms with Gasteiger partial charge in [0.05, 0.1) is 0 Å². The molecule has 1 saturated carbocycles. The molecule has 2 fully saturated rings. The van der Waals surface area contributed by atoms with E-state index in [0.717, 1.165) is 19.6 Å². The van der Waals surface area contributed by atoms with E-state index < -0.39 is 0 Å². The minimum Gasteiger partial charge on any atom is -0.309 e. The van der Waals surface area contributed by atoms with E-state index in [9.17, 15) is 0 Å². The number of piperazine rings is 1. The number of hydrogen-bond donors (Lipinski definition) is 2. The molecule has 3 N–H and O–H groups in total. The molecule has 0 unspecified atom stereocenters. The number of nitrogens with one attached hydrogen (secondary N) is 1. The largest absolute Gasteiger partial charge is 0.309 e. The first-order valence-corrected chi connectivity index (χ1v) is 4.55. The van der Waals surface area contributed by atoms with Gasteiger partial charge in [0.15, 0.2) is 0 Å². The van der Waals surface area contributed by atoms with E-state index in [1.165, 1.54) is 12.8 Å². The first-order valence-electron chi connectivity index (χ1n) is 4.55. The Morgan fingerprint density at radius 3 is 2.36 bits per heavy atom. The predicted molar refractivity (Wildman–Crippen MR) is 47.1 cm³/mol. The van der Waals surface area contributed by atoms with Crippen molar-refractivity contribution in [2.45, 2.75) is 32.2 Å². The highest BCUT2D eigenvalue weighted by atomic mass is 15.4. The Hall–Kier alpha value is -0.120. The number of hydrazine groups is 1. The molecule has 0 amide bonds. The summed E-state index contributed by atoms with van der Waals surface area (Å²) in [5, 5.41) is 5.40. The summed E-state index contributed by atoms with van der Waals surface area (Å²) in [4.78, 5) is 0. The lowest BCUT2D eigenvalue weighted by Gasteiger charge is -2.30. The molecule has 66 valence electrons. The molecule has 0 radical (unpaired) electrons. The number of hydrogen-bond acceptors (Lipinski definition) is 3. The lowest BCUT2D eigenvalue weighted by molar-refractivity contribution is 0.193. The molecule has 1 heterocycles. The van der Waals surface area contributed by atoms with Crippen LogP contribution in [0.1, 0.15) is 26.7 Å². The van der Waals surface area contributed by atoms with Crippen molar-refractivity contribution in [3.63, 3.8) is 0 Å². The fourth-order valence-electron chi connectivity index (χ4n) is 1.47. The Kier molecular flexibility index (Phi) is 2.87. The smallest absolute Gasteiger partial charge is 0.0324 e. The summed E-state index contributed by atoms with van der Waals surface area (Å²) in [5.41, 5.74) is 0.451. The SMILES string of the molecule is CC.NN1CCNC2(CC2)C1. The normalized spacial score (nSPS) is 27.5. The van der Waals surface area contributed by atoms with Gasteiger partial charge in [0.25, 0.3) is 0 Å². The third-order valence-corrected chi connectivity index (χ3v) is 2.26. The van der Waals surface area contributed by atoms with Crippen LogP contribution in [0, 0.1) is 0 Å². The third-order valence-electron chi connectivity index (χ3n) is 2.26. The first-order chi connectivity index (χ1) is 5.31. The number of nitrogens with two attached hydrogens (primary N) is 1. The van der Waals surface area contributed by atoms with Gasteiger partial charge in [-0.25, -0.2) is 5.01 Å². The number of rotatable bonds is 0. The lowest BCUT2D eigenvalue weighted by atomic mass is 10.2. The Labute approximate surface area is 68.9 Å². The van der Waals surface area contributed by atoms with Gasteiger partial charge < -0.3 is 5.32 Å². The van der Waals surface area contributed by atoms with Gasteiger partial charge in [-0.3, -0.25) is 5.84 Å². The van der Waals surface area contributed by atoms with Gasteiger partial charge in [0.1, 0.15) is 0 Å². The molecule has 2 aliphatic rings. The van der Waals surface area contributed by atoms with E-state index in [2.05, 4.69) is 5.32 Å². The van der Waals surface area contributed by atoms with Crippen molar-refractivity contribution >= 4 is 0 Å². The summed E-state index contributed by atoms with van der Waals surface area (Å²) in [5.74, 6) is 5.64. The zero-order valence-electron chi connectivity index (χ0n) is 7.56. The van der Waals surface area contributed by atoms with E-state index in [1.807, 2.05) is 18.9 Å². The molecule has 3 nitrogen and oxygen atoms in total. The van der Waals surface area contributed by atoms with E-state index in [4.69, 9.17) is 5.84 Å². The molecular weight excluding hydrogens is 138 g/mol. The summed E-state index contributed by atoms with van der Waals surface area (Å²) in [6.07, 6.45) is 2.64. The van der Waals surface area contributed by atoms with E-state index in [0.29, 0.717) is 5.54 Å². The Balaban J connectivity index is 0.000000281. The van der Waals surface area contributed by atoms with Crippen LogP contribution in [0.3, 0.4) is 0 Å². The molecule has 11 heavy (non-hydrogen) atoms. The molecule has 0 aromatic heterocycles. The van der Waals surface area contributed by atoms with Crippen molar-refractivity contribution in [2.75, 3.05) is 19.6 Å². The molecule has 1 spiro atoms. The zero-order valence-corrected chi connectivity index (χ0v) is 7.56. The van der Waals surface area contributed by atoms with Gasteiger partial charge in [-0.05, 0) is 12.8 Å². The fraction of sp³-hybridized carbons (Fsp3) is 1.00. The van der Waals surface area contributed by atoms with Crippen LogP contribution in [0.15, 0.2) is 0 Å². The molecular formula is C8H19N3. The van der Waals surface area contributed by atoms with Gasteiger partial charge in [0.2, 0.25) is 0 Å². The van der Waals surface area contributed by atoms with Crippen LogP contribution >= 0.6 is 0 Å².